The van der Waals surface area contributed by atoms with Crippen LogP contribution < -0.4 is 14.4 Å². The molecule has 8 nitrogen and oxygen atoms in total. The number of nitrogens with one attached hydrogen (secondary N) is 1. The van der Waals surface area contributed by atoms with Crippen LogP contribution in [0.2, 0.25) is 10.0 Å². The van der Waals surface area contributed by atoms with Crippen molar-refractivity contribution in [1.82, 2.24) is 10.2 Å². The molecule has 242 valence electrons. The predicted molar refractivity (Wildman–Crippen MR) is 183 cm³/mol. The van der Waals surface area contributed by atoms with Crippen LogP contribution in [0.25, 0.3) is 0 Å². The zero-order valence-electron chi connectivity index (χ0n) is 25.7. The van der Waals surface area contributed by atoms with Crippen LogP contribution in [0.3, 0.4) is 0 Å². The maximum atomic E-state index is 14.3. The number of unbranched alkanes of at least 4 members (excludes halogenated alkanes) is 1. The summed E-state index contributed by atoms with van der Waals surface area (Å²) in [5, 5.41) is 3.67. The molecule has 0 radical (unpaired) electrons. The molecule has 0 saturated heterocycles. The first kappa shape index (κ1) is 34.8. The number of hydrogen-bond acceptors (Lipinski definition) is 5. The molecule has 4 rings (SSSR count). The van der Waals surface area contributed by atoms with Crippen LogP contribution in [0.4, 0.5) is 5.69 Å². The Balaban J connectivity index is 1.71. The SMILES string of the molecule is CCCCNC(=O)C(CC)N(Cc1ccc(Cl)cc1Cl)C(=O)CN(c1ccc(Oc2ccccc2)cc1)S(=O)(=O)c1ccccc1. The molecule has 0 aromatic heterocycles. The largest absolute Gasteiger partial charge is 0.457 e. The van der Waals surface area contributed by atoms with Gasteiger partial charge in [-0.1, -0.05) is 85.9 Å². The van der Waals surface area contributed by atoms with E-state index < -0.39 is 28.5 Å². The van der Waals surface area contributed by atoms with E-state index in [2.05, 4.69) is 5.32 Å². The van der Waals surface area contributed by atoms with Crippen molar-refractivity contribution >= 4 is 50.7 Å². The van der Waals surface area contributed by atoms with Crippen molar-refractivity contribution in [3.05, 3.63) is 119 Å². The highest BCUT2D eigenvalue weighted by Crippen LogP contribution is 2.29. The Kier molecular flexibility index (Phi) is 12.5. The number of amides is 2. The highest BCUT2D eigenvalue weighted by Gasteiger charge is 2.34. The van der Waals surface area contributed by atoms with E-state index in [4.69, 9.17) is 27.9 Å². The first-order valence-electron chi connectivity index (χ1n) is 15.1. The molecular formula is C35H37Cl2N3O5S. The third kappa shape index (κ3) is 9.02. The molecule has 0 bridgehead atoms. The van der Waals surface area contributed by atoms with Gasteiger partial charge in [0.15, 0.2) is 0 Å². The van der Waals surface area contributed by atoms with E-state index in [1.54, 1.807) is 67.6 Å². The second-order valence-corrected chi connectivity index (χ2v) is 13.3. The van der Waals surface area contributed by atoms with Crippen molar-refractivity contribution in [2.24, 2.45) is 0 Å². The fraction of sp³-hybridized carbons (Fsp3) is 0.257. The van der Waals surface area contributed by atoms with E-state index in [1.807, 2.05) is 37.3 Å². The summed E-state index contributed by atoms with van der Waals surface area (Å²) in [6, 6.07) is 27.6. The number of nitrogens with zero attached hydrogens (tertiary/aromatic N) is 2. The lowest BCUT2D eigenvalue weighted by Crippen LogP contribution is -2.52. The van der Waals surface area contributed by atoms with Crippen LogP contribution in [-0.2, 0) is 26.2 Å². The number of sulfonamides is 1. The predicted octanol–water partition coefficient (Wildman–Crippen LogP) is 7.70. The first-order chi connectivity index (χ1) is 22.1. The minimum atomic E-state index is -4.21. The summed E-state index contributed by atoms with van der Waals surface area (Å²) < 4.78 is 35.1. The van der Waals surface area contributed by atoms with Crippen LogP contribution in [0.5, 0.6) is 11.5 Å². The van der Waals surface area contributed by atoms with E-state index in [0.29, 0.717) is 40.1 Å². The lowest BCUT2D eigenvalue weighted by molar-refractivity contribution is -0.140. The number of hydrogen-bond donors (Lipinski definition) is 1. The minimum absolute atomic E-state index is 0.0176. The molecule has 11 heteroatoms. The van der Waals surface area contributed by atoms with Gasteiger partial charge < -0.3 is 15.0 Å². The van der Waals surface area contributed by atoms with Crippen molar-refractivity contribution < 1.29 is 22.7 Å². The Morgan fingerprint density at radius 3 is 2.09 bits per heavy atom. The highest BCUT2D eigenvalue weighted by atomic mass is 35.5. The van der Waals surface area contributed by atoms with Gasteiger partial charge in [-0.3, -0.25) is 13.9 Å². The van der Waals surface area contributed by atoms with Gasteiger partial charge in [-0.05, 0) is 79.1 Å². The smallest absolute Gasteiger partial charge is 0.264 e. The average molecular weight is 683 g/mol. The van der Waals surface area contributed by atoms with Gasteiger partial charge in [0, 0.05) is 23.1 Å². The Bertz CT molecular complexity index is 1710. The van der Waals surface area contributed by atoms with Gasteiger partial charge in [0.2, 0.25) is 11.8 Å². The van der Waals surface area contributed by atoms with Gasteiger partial charge in [0.1, 0.15) is 24.1 Å². The Hall–Kier alpha value is -4.05. The number of ether oxygens (including phenoxy) is 1. The zero-order valence-corrected chi connectivity index (χ0v) is 28.1. The summed E-state index contributed by atoms with van der Waals surface area (Å²) in [6.07, 6.45) is 1.97. The van der Waals surface area contributed by atoms with Crippen LogP contribution in [0.15, 0.2) is 108 Å². The molecular weight excluding hydrogens is 645 g/mol. The molecule has 0 aliphatic carbocycles. The maximum Gasteiger partial charge on any atom is 0.264 e. The van der Waals surface area contributed by atoms with Crippen molar-refractivity contribution in [3.8, 4) is 11.5 Å². The highest BCUT2D eigenvalue weighted by molar-refractivity contribution is 7.92. The van der Waals surface area contributed by atoms with Gasteiger partial charge in [-0.2, -0.15) is 0 Å². The topological polar surface area (TPSA) is 96.0 Å². The fourth-order valence-corrected chi connectivity index (χ4v) is 6.72. The molecule has 0 saturated carbocycles. The number of carbonyl (C=O) groups excluding carboxylic acids is 2. The molecule has 0 spiro atoms. The van der Waals surface area contributed by atoms with Gasteiger partial charge >= 0.3 is 0 Å². The number of halogens is 2. The average Bonchev–Trinajstić information content (AvgIpc) is 3.06. The third-order valence-electron chi connectivity index (χ3n) is 7.28. The number of para-hydroxylation sites is 1. The maximum absolute atomic E-state index is 14.3. The third-order valence-corrected chi connectivity index (χ3v) is 9.66. The van der Waals surface area contributed by atoms with Crippen LogP contribution in [0, 0.1) is 0 Å². The Morgan fingerprint density at radius 1 is 0.848 bits per heavy atom. The normalized spacial score (nSPS) is 11.8. The number of carbonyl (C=O) groups is 2. The van der Waals surface area contributed by atoms with E-state index in [1.165, 1.54) is 17.0 Å². The lowest BCUT2D eigenvalue weighted by Gasteiger charge is -2.33. The fourth-order valence-electron chi connectivity index (χ4n) is 4.81. The summed E-state index contributed by atoms with van der Waals surface area (Å²) >= 11 is 12.6. The molecule has 4 aromatic rings. The lowest BCUT2D eigenvalue weighted by atomic mass is 10.1. The molecule has 4 aromatic carbocycles. The van der Waals surface area contributed by atoms with Gasteiger partial charge in [0.25, 0.3) is 10.0 Å². The summed E-state index contributed by atoms with van der Waals surface area (Å²) in [5.74, 6) is 0.215. The van der Waals surface area contributed by atoms with Gasteiger partial charge in [-0.25, -0.2) is 8.42 Å². The quantitative estimate of drug-likeness (QED) is 0.130. The van der Waals surface area contributed by atoms with Crippen LogP contribution in [0.1, 0.15) is 38.7 Å². The van der Waals surface area contributed by atoms with Gasteiger partial charge in [0.05, 0.1) is 10.6 Å². The number of anilines is 1. The molecule has 2 amide bonds. The molecule has 1 atom stereocenters. The standard InChI is InChI=1S/C35H37Cl2N3O5S/c1-3-5-22-38-35(42)33(4-2)39(24-26-16-17-27(36)23-32(26)37)34(41)25-40(46(43,44)31-14-10-7-11-15-31)28-18-20-30(21-19-28)45-29-12-8-6-9-13-29/h6-21,23,33H,3-5,22,24-25H2,1-2H3,(H,38,42). The summed E-state index contributed by atoms with van der Waals surface area (Å²) in [6.45, 7) is 3.68. The monoisotopic (exact) mass is 681 g/mol. The molecule has 0 aliphatic heterocycles. The van der Waals surface area contributed by atoms with E-state index in [9.17, 15) is 18.0 Å². The van der Waals surface area contributed by atoms with Gasteiger partial charge in [-0.15, -0.1) is 0 Å². The van der Waals surface area contributed by atoms with Crippen molar-refractivity contribution in [2.45, 2.75) is 50.6 Å². The first-order valence-corrected chi connectivity index (χ1v) is 17.3. The summed E-state index contributed by atoms with van der Waals surface area (Å²) in [7, 11) is -4.21. The molecule has 46 heavy (non-hydrogen) atoms. The molecule has 1 N–H and O–H groups in total. The second kappa shape index (κ2) is 16.5. The molecule has 1 unspecified atom stereocenters. The van der Waals surface area contributed by atoms with Crippen LogP contribution >= 0.6 is 23.2 Å². The van der Waals surface area contributed by atoms with Crippen molar-refractivity contribution in [3.63, 3.8) is 0 Å². The molecule has 0 fully saturated rings. The summed E-state index contributed by atoms with van der Waals surface area (Å²) in [5.41, 5.74) is 0.821. The number of rotatable bonds is 15. The summed E-state index contributed by atoms with van der Waals surface area (Å²) in [4.78, 5) is 29.1. The molecule has 0 heterocycles. The van der Waals surface area contributed by atoms with E-state index in [-0.39, 0.29) is 23.0 Å². The van der Waals surface area contributed by atoms with Crippen molar-refractivity contribution in [1.29, 1.82) is 0 Å². The van der Waals surface area contributed by atoms with Crippen LogP contribution in [-0.4, -0.2) is 44.3 Å². The number of benzene rings is 4. The Morgan fingerprint density at radius 2 is 1.48 bits per heavy atom. The molecule has 0 aliphatic rings. The van der Waals surface area contributed by atoms with E-state index >= 15 is 0 Å². The van der Waals surface area contributed by atoms with E-state index in [0.717, 1.165) is 17.1 Å². The Labute approximate surface area is 280 Å². The minimum Gasteiger partial charge on any atom is -0.457 e. The zero-order chi connectivity index (χ0) is 33.1. The second-order valence-electron chi connectivity index (χ2n) is 10.6. The van der Waals surface area contributed by atoms with Crippen molar-refractivity contribution in [2.75, 3.05) is 17.4 Å².